The number of nitrogens with zero attached hydrogens (tertiary/aromatic N) is 3. The van der Waals surface area contributed by atoms with E-state index in [1.54, 1.807) is 0 Å². The van der Waals surface area contributed by atoms with Gasteiger partial charge in [-0.05, 0) is 38.3 Å². The highest BCUT2D eigenvalue weighted by atomic mass is 32.1. The molecule has 1 aliphatic rings. The minimum Gasteiger partial charge on any atom is -0.374 e. The Bertz CT molecular complexity index is 351. The smallest absolute Gasteiger partial charge is 0.134 e. The number of hydrogen-bond donors (Lipinski definition) is 1. The number of piperidine rings is 1. The van der Waals surface area contributed by atoms with Gasteiger partial charge in [-0.15, -0.1) is 5.10 Å². The predicted molar refractivity (Wildman–Crippen MR) is 72.4 cm³/mol. The number of nitrogens with one attached hydrogen (secondary N) is 1. The van der Waals surface area contributed by atoms with Crippen LogP contribution in [0.25, 0.3) is 0 Å². The Morgan fingerprint density at radius 3 is 2.71 bits per heavy atom. The van der Waals surface area contributed by atoms with Gasteiger partial charge in [-0.25, -0.2) is 0 Å². The lowest BCUT2D eigenvalue weighted by Gasteiger charge is -2.36. The van der Waals surface area contributed by atoms with Crippen LogP contribution in [-0.2, 0) is 6.54 Å². The van der Waals surface area contributed by atoms with E-state index in [0.29, 0.717) is 5.41 Å². The monoisotopic (exact) mass is 254 g/mol. The topological polar surface area (TPSA) is 41.1 Å². The lowest BCUT2D eigenvalue weighted by Crippen LogP contribution is -2.37. The molecule has 1 saturated heterocycles. The van der Waals surface area contributed by atoms with E-state index in [4.69, 9.17) is 0 Å². The maximum atomic E-state index is 4.23. The van der Waals surface area contributed by atoms with Gasteiger partial charge in [-0.2, -0.15) is 0 Å². The summed E-state index contributed by atoms with van der Waals surface area (Å²) < 4.78 is 4.04. The van der Waals surface area contributed by atoms with Gasteiger partial charge in [-0.1, -0.05) is 18.3 Å². The fraction of sp³-hybridized carbons (Fsp3) is 0.833. The van der Waals surface area contributed by atoms with E-state index in [2.05, 4.69) is 40.6 Å². The van der Waals surface area contributed by atoms with E-state index in [1.165, 1.54) is 37.5 Å². The molecule has 1 fully saturated rings. The second-order valence-electron chi connectivity index (χ2n) is 5.52. The number of aromatic nitrogens is 2. The van der Waals surface area contributed by atoms with Crippen LogP contribution in [-0.4, -0.2) is 34.1 Å². The second-order valence-corrected chi connectivity index (χ2v) is 6.27. The van der Waals surface area contributed by atoms with E-state index in [9.17, 15) is 0 Å². The van der Waals surface area contributed by atoms with Crippen LogP contribution in [0, 0.1) is 5.41 Å². The van der Waals surface area contributed by atoms with Crippen molar-refractivity contribution in [1.29, 1.82) is 0 Å². The fourth-order valence-corrected chi connectivity index (χ4v) is 2.78. The molecule has 1 N–H and O–H groups in total. The zero-order chi connectivity index (χ0) is 12.3. The molecule has 2 heterocycles. The Labute approximate surface area is 108 Å². The Hall–Kier alpha value is -0.680. The highest BCUT2D eigenvalue weighted by molar-refractivity contribution is 7.10. The van der Waals surface area contributed by atoms with Crippen LogP contribution in [0.15, 0.2) is 0 Å². The summed E-state index contributed by atoms with van der Waals surface area (Å²) in [4.78, 5) is 2.49. The molecular weight excluding hydrogens is 232 g/mol. The van der Waals surface area contributed by atoms with Crippen molar-refractivity contribution in [1.82, 2.24) is 14.5 Å². The summed E-state index contributed by atoms with van der Waals surface area (Å²) >= 11 is 1.46. The van der Waals surface area contributed by atoms with Crippen LogP contribution in [0.1, 0.15) is 39.3 Å². The molecule has 0 aromatic carbocycles. The van der Waals surface area contributed by atoms with E-state index in [-0.39, 0.29) is 0 Å². The molecule has 0 bridgehead atoms. The summed E-state index contributed by atoms with van der Waals surface area (Å²) in [6, 6.07) is 0. The number of likely N-dealkylation sites (tertiary alicyclic amines) is 1. The molecule has 0 atom stereocenters. The second kappa shape index (κ2) is 5.31. The predicted octanol–water partition coefficient (Wildman–Crippen LogP) is 2.59. The molecule has 0 spiro atoms. The van der Waals surface area contributed by atoms with Crippen LogP contribution < -0.4 is 5.32 Å². The lowest BCUT2D eigenvalue weighted by atomic mass is 9.83. The minimum atomic E-state index is 0.515. The first-order valence-corrected chi connectivity index (χ1v) is 7.15. The third-order valence-corrected chi connectivity index (χ3v) is 4.20. The Morgan fingerprint density at radius 1 is 1.35 bits per heavy atom. The van der Waals surface area contributed by atoms with Gasteiger partial charge >= 0.3 is 0 Å². The summed E-state index contributed by atoms with van der Waals surface area (Å²) in [5, 5.41) is 8.69. The maximum absolute atomic E-state index is 4.23. The normalized spacial score (nSPS) is 20.4. The van der Waals surface area contributed by atoms with Crippen LogP contribution in [0.4, 0.5) is 5.00 Å². The molecule has 1 aromatic rings. The standard InChI is InChI=1S/C12H22N4S/c1-4-13-11-10(14-15-17-11)9-16-7-5-12(2,3)6-8-16/h13H,4-9H2,1-3H3. The number of hydrogen-bond acceptors (Lipinski definition) is 5. The van der Waals surface area contributed by atoms with Crippen LogP contribution in [0.5, 0.6) is 0 Å². The first-order chi connectivity index (χ1) is 8.11. The molecule has 1 aromatic heterocycles. The van der Waals surface area contributed by atoms with Crippen molar-refractivity contribution in [2.24, 2.45) is 5.41 Å². The number of anilines is 1. The van der Waals surface area contributed by atoms with Crippen molar-refractivity contribution < 1.29 is 0 Å². The van der Waals surface area contributed by atoms with Crippen LogP contribution in [0.3, 0.4) is 0 Å². The van der Waals surface area contributed by atoms with Gasteiger partial charge in [0.05, 0.1) is 0 Å². The van der Waals surface area contributed by atoms with Crippen molar-refractivity contribution in [2.75, 3.05) is 25.0 Å². The molecule has 2 rings (SSSR count). The summed E-state index contributed by atoms with van der Waals surface area (Å²) in [7, 11) is 0. The van der Waals surface area contributed by atoms with E-state index < -0.39 is 0 Å². The fourth-order valence-electron chi connectivity index (χ4n) is 2.14. The van der Waals surface area contributed by atoms with Gasteiger partial charge in [0, 0.05) is 24.6 Å². The van der Waals surface area contributed by atoms with Crippen molar-refractivity contribution >= 4 is 16.5 Å². The average molecular weight is 254 g/mol. The van der Waals surface area contributed by atoms with E-state index in [0.717, 1.165) is 23.8 Å². The molecule has 0 unspecified atom stereocenters. The van der Waals surface area contributed by atoms with Crippen molar-refractivity contribution in [2.45, 2.75) is 40.2 Å². The number of rotatable bonds is 4. The van der Waals surface area contributed by atoms with Crippen LogP contribution >= 0.6 is 11.5 Å². The third kappa shape index (κ3) is 3.39. The zero-order valence-corrected chi connectivity index (χ0v) is 11.8. The molecule has 17 heavy (non-hydrogen) atoms. The summed E-state index contributed by atoms with van der Waals surface area (Å²) in [5.41, 5.74) is 1.62. The minimum absolute atomic E-state index is 0.515. The summed E-state index contributed by atoms with van der Waals surface area (Å²) in [5.74, 6) is 0. The SMILES string of the molecule is CCNc1snnc1CN1CCC(C)(C)CC1. The van der Waals surface area contributed by atoms with Crippen molar-refractivity contribution in [3.8, 4) is 0 Å². The van der Waals surface area contributed by atoms with Crippen molar-refractivity contribution in [3.05, 3.63) is 5.69 Å². The lowest BCUT2D eigenvalue weighted by molar-refractivity contribution is 0.126. The van der Waals surface area contributed by atoms with Gasteiger partial charge in [0.1, 0.15) is 10.7 Å². The zero-order valence-electron chi connectivity index (χ0n) is 11.0. The molecular formula is C12H22N4S. The Morgan fingerprint density at radius 2 is 2.06 bits per heavy atom. The van der Waals surface area contributed by atoms with Gasteiger partial charge < -0.3 is 5.32 Å². The van der Waals surface area contributed by atoms with Crippen LogP contribution in [0.2, 0.25) is 0 Å². The maximum Gasteiger partial charge on any atom is 0.134 e. The first kappa shape index (κ1) is 12.8. The van der Waals surface area contributed by atoms with Gasteiger partial charge in [0.2, 0.25) is 0 Å². The molecule has 1 aliphatic heterocycles. The third-order valence-electron chi connectivity index (χ3n) is 3.48. The Kier molecular flexibility index (Phi) is 3.99. The molecule has 4 nitrogen and oxygen atoms in total. The molecule has 0 saturated carbocycles. The average Bonchev–Trinajstić information content (AvgIpc) is 2.70. The van der Waals surface area contributed by atoms with Crippen molar-refractivity contribution in [3.63, 3.8) is 0 Å². The molecule has 0 radical (unpaired) electrons. The summed E-state index contributed by atoms with van der Waals surface area (Å²) in [6.45, 7) is 11.1. The molecule has 0 aliphatic carbocycles. The van der Waals surface area contributed by atoms with Gasteiger partial charge in [0.25, 0.3) is 0 Å². The van der Waals surface area contributed by atoms with Gasteiger partial charge in [0.15, 0.2) is 0 Å². The highest BCUT2D eigenvalue weighted by Crippen LogP contribution is 2.31. The van der Waals surface area contributed by atoms with E-state index in [1.807, 2.05) is 0 Å². The molecule has 0 amide bonds. The molecule has 5 heteroatoms. The largest absolute Gasteiger partial charge is 0.374 e. The highest BCUT2D eigenvalue weighted by Gasteiger charge is 2.26. The van der Waals surface area contributed by atoms with Gasteiger partial charge in [-0.3, -0.25) is 4.90 Å². The first-order valence-electron chi connectivity index (χ1n) is 6.38. The Balaban J connectivity index is 1.91. The molecule has 96 valence electrons. The van der Waals surface area contributed by atoms with E-state index >= 15 is 0 Å². The quantitative estimate of drug-likeness (QED) is 0.896. The summed E-state index contributed by atoms with van der Waals surface area (Å²) in [6.07, 6.45) is 2.56.